The van der Waals surface area contributed by atoms with E-state index in [0.29, 0.717) is 27.3 Å². The molecule has 0 saturated heterocycles. The van der Waals surface area contributed by atoms with Crippen molar-refractivity contribution in [2.24, 2.45) is 0 Å². The second kappa shape index (κ2) is 10.0. The first-order chi connectivity index (χ1) is 15.9. The number of anilines is 1. The number of ether oxygens (including phenoxy) is 1. The summed E-state index contributed by atoms with van der Waals surface area (Å²) >= 11 is 7.36. The van der Waals surface area contributed by atoms with Crippen LogP contribution in [0.3, 0.4) is 0 Å². The fourth-order valence-corrected chi connectivity index (χ4v) is 4.22. The second-order valence-electron chi connectivity index (χ2n) is 7.18. The Balaban J connectivity index is 1.66. The molecule has 1 amide bonds. The number of aryl methyl sites for hydroxylation is 2. The van der Waals surface area contributed by atoms with E-state index in [1.165, 1.54) is 11.8 Å². The van der Waals surface area contributed by atoms with Gasteiger partial charge in [-0.05, 0) is 68.4 Å². The average Bonchev–Trinajstić information content (AvgIpc) is 3.23. The lowest BCUT2D eigenvalue weighted by molar-refractivity contribution is 0.102. The molecule has 4 rings (SSSR count). The summed E-state index contributed by atoms with van der Waals surface area (Å²) in [4.78, 5) is 22.0. The Hall–Kier alpha value is -3.43. The molecule has 2 aromatic heterocycles. The van der Waals surface area contributed by atoms with Gasteiger partial charge < -0.3 is 10.1 Å². The van der Waals surface area contributed by atoms with Crippen molar-refractivity contribution in [3.8, 4) is 11.4 Å². The molecule has 8 nitrogen and oxygen atoms in total. The van der Waals surface area contributed by atoms with Crippen molar-refractivity contribution in [2.75, 3.05) is 12.4 Å². The number of carbonyl (C=O) groups is 1. The van der Waals surface area contributed by atoms with Crippen LogP contribution in [0.15, 0.2) is 59.8 Å². The molecule has 4 aromatic rings. The van der Waals surface area contributed by atoms with Gasteiger partial charge in [-0.25, -0.2) is 14.6 Å². The molecule has 0 saturated carbocycles. The maximum absolute atomic E-state index is 13.1. The van der Waals surface area contributed by atoms with E-state index in [0.717, 1.165) is 22.8 Å². The molecule has 10 heteroatoms. The van der Waals surface area contributed by atoms with Gasteiger partial charge in [0.15, 0.2) is 10.9 Å². The largest absolute Gasteiger partial charge is 0.497 e. The Morgan fingerprint density at radius 3 is 2.36 bits per heavy atom. The zero-order chi connectivity index (χ0) is 23.4. The number of hydrogen-bond acceptors (Lipinski definition) is 7. The number of nitrogens with zero attached hydrogens (tertiary/aromatic N) is 5. The molecule has 0 atom stereocenters. The number of hydrogen-bond donors (Lipinski definition) is 1. The van der Waals surface area contributed by atoms with Crippen LogP contribution in [0.2, 0.25) is 5.02 Å². The van der Waals surface area contributed by atoms with Crippen molar-refractivity contribution >= 4 is 35.0 Å². The molecule has 0 unspecified atom stereocenters. The first-order valence-corrected chi connectivity index (χ1v) is 11.4. The molecule has 1 N–H and O–H groups in total. The van der Waals surface area contributed by atoms with Crippen LogP contribution in [0.5, 0.6) is 5.75 Å². The lowest BCUT2D eigenvalue weighted by atomic mass is 10.2. The molecule has 0 spiro atoms. The van der Waals surface area contributed by atoms with Crippen molar-refractivity contribution in [2.45, 2.75) is 24.8 Å². The van der Waals surface area contributed by atoms with Gasteiger partial charge in [-0.1, -0.05) is 28.6 Å². The van der Waals surface area contributed by atoms with Gasteiger partial charge in [0.2, 0.25) is 0 Å². The van der Waals surface area contributed by atoms with E-state index < -0.39 is 0 Å². The Morgan fingerprint density at radius 1 is 1.06 bits per heavy atom. The van der Waals surface area contributed by atoms with Crippen molar-refractivity contribution in [3.05, 3.63) is 82.4 Å². The molecule has 0 aliphatic carbocycles. The molecule has 0 fully saturated rings. The van der Waals surface area contributed by atoms with E-state index in [2.05, 4.69) is 25.6 Å². The molecular weight excluding hydrogens is 460 g/mol. The zero-order valence-electron chi connectivity index (χ0n) is 18.2. The Bertz CT molecular complexity index is 1260. The van der Waals surface area contributed by atoms with Gasteiger partial charge in [-0.2, -0.15) is 0 Å². The van der Waals surface area contributed by atoms with Crippen LogP contribution in [0.25, 0.3) is 5.69 Å². The highest BCUT2D eigenvalue weighted by Crippen LogP contribution is 2.25. The number of halogens is 1. The summed E-state index contributed by atoms with van der Waals surface area (Å²) in [6.07, 6.45) is 0. The Morgan fingerprint density at radius 2 is 1.73 bits per heavy atom. The zero-order valence-corrected chi connectivity index (χ0v) is 19.8. The molecule has 2 heterocycles. The van der Waals surface area contributed by atoms with Crippen molar-refractivity contribution in [1.82, 2.24) is 25.0 Å². The summed E-state index contributed by atoms with van der Waals surface area (Å²) in [7, 11) is 1.61. The van der Waals surface area contributed by atoms with Gasteiger partial charge in [0.25, 0.3) is 5.91 Å². The van der Waals surface area contributed by atoms with Crippen LogP contribution >= 0.6 is 23.4 Å². The van der Waals surface area contributed by atoms with Crippen LogP contribution in [-0.4, -0.2) is 38.0 Å². The predicted molar refractivity (Wildman–Crippen MR) is 128 cm³/mol. The lowest BCUT2D eigenvalue weighted by Crippen LogP contribution is -2.15. The van der Waals surface area contributed by atoms with E-state index >= 15 is 0 Å². The first kappa shape index (κ1) is 22.8. The maximum Gasteiger partial charge on any atom is 0.278 e. The van der Waals surface area contributed by atoms with E-state index in [-0.39, 0.29) is 11.6 Å². The molecule has 168 valence electrons. The normalized spacial score (nSPS) is 10.8. The minimum absolute atomic E-state index is 0.220. The third-order valence-electron chi connectivity index (χ3n) is 4.70. The van der Waals surface area contributed by atoms with Crippen molar-refractivity contribution in [1.29, 1.82) is 0 Å². The number of amides is 1. The highest BCUT2D eigenvalue weighted by Gasteiger charge is 2.22. The topological polar surface area (TPSA) is 94.8 Å². The number of benzene rings is 2. The summed E-state index contributed by atoms with van der Waals surface area (Å²) < 4.78 is 6.89. The Labute approximate surface area is 200 Å². The van der Waals surface area contributed by atoms with E-state index in [1.54, 1.807) is 36.1 Å². The van der Waals surface area contributed by atoms with Gasteiger partial charge in [0.1, 0.15) is 5.75 Å². The quantitative estimate of drug-likeness (QED) is 0.297. The fraction of sp³-hybridized carbons (Fsp3) is 0.174. The third-order valence-corrected chi connectivity index (χ3v) is 5.81. The van der Waals surface area contributed by atoms with Crippen LogP contribution < -0.4 is 10.1 Å². The minimum atomic E-state index is -0.367. The molecule has 0 bridgehead atoms. The summed E-state index contributed by atoms with van der Waals surface area (Å²) in [6.45, 7) is 3.85. The van der Waals surface area contributed by atoms with E-state index in [9.17, 15) is 4.79 Å². The SMILES string of the molecule is COc1ccc(-n2nnc(C(=O)Nc3ccc(Cl)cc3)c2CSc2nc(C)cc(C)n2)cc1. The minimum Gasteiger partial charge on any atom is -0.497 e. The number of thioether (sulfide) groups is 1. The number of nitrogens with one attached hydrogen (secondary N) is 1. The number of methoxy groups -OCH3 is 1. The van der Waals surface area contributed by atoms with Gasteiger partial charge in [0.05, 0.1) is 18.5 Å². The standard InChI is InChI=1S/C23H21ClN6O2S/c1-14-12-15(2)26-23(25-14)33-13-20-21(22(31)27-17-6-4-16(24)5-7-17)28-29-30(20)18-8-10-19(32-3)11-9-18/h4-12H,13H2,1-3H3,(H,27,31). The lowest BCUT2D eigenvalue weighted by Gasteiger charge is -2.09. The summed E-state index contributed by atoms with van der Waals surface area (Å²) in [5.41, 5.74) is 3.97. The Kier molecular flexibility index (Phi) is 6.90. The summed E-state index contributed by atoms with van der Waals surface area (Å²) in [5, 5.41) is 12.5. The predicted octanol–water partition coefficient (Wildman–Crippen LogP) is 4.88. The van der Waals surface area contributed by atoms with E-state index in [4.69, 9.17) is 16.3 Å². The van der Waals surface area contributed by atoms with E-state index in [1.807, 2.05) is 44.2 Å². The highest BCUT2D eigenvalue weighted by atomic mass is 35.5. The third kappa shape index (κ3) is 5.50. The highest BCUT2D eigenvalue weighted by molar-refractivity contribution is 7.98. The molecule has 33 heavy (non-hydrogen) atoms. The number of aromatic nitrogens is 5. The van der Waals surface area contributed by atoms with Crippen molar-refractivity contribution < 1.29 is 9.53 Å². The maximum atomic E-state index is 13.1. The monoisotopic (exact) mass is 480 g/mol. The molecule has 0 aliphatic heterocycles. The average molecular weight is 481 g/mol. The molecular formula is C23H21ClN6O2S. The summed E-state index contributed by atoms with van der Waals surface area (Å²) in [5.74, 6) is 0.749. The van der Waals surface area contributed by atoms with Gasteiger partial charge >= 0.3 is 0 Å². The van der Waals surface area contributed by atoms with Gasteiger partial charge in [-0.15, -0.1) is 5.10 Å². The van der Waals surface area contributed by atoms with Crippen LogP contribution in [0.1, 0.15) is 27.6 Å². The molecule has 0 aliphatic rings. The number of rotatable bonds is 7. The van der Waals surface area contributed by atoms with Crippen LogP contribution in [-0.2, 0) is 5.75 Å². The fourth-order valence-electron chi connectivity index (χ4n) is 3.15. The number of carbonyl (C=O) groups excluding carboxylic acids is 1. The van der Waals surface area contributed by atoms with Crippen LogP contribution in [0.4, 0.5) is 5.69 Å². The van der Waals surface area contributed by atoms with Crippen LogP contribution in [0, 0.1) is 13.8 Å². The molecule has 2 aromatic carbocycles. The van der Waals surface area contributed by atoms with Crippen molar-refractivity contribution in [3.63, 3.8) is 0 Å². The second-order valence-corrected chi connectivity index (χ2v) is 8.56. The first-order valence-electron chi connectivity index (χ1n) is 10.0. The summed E-state index contributed by atoms with van der Waals surface area (Å²) in [6, 6.07) is 16.2. The van der Waals surface area contributed by atoms with Gasteiger partial charge in [-0.3, -0.25) is 4.79 Å². The smallest absolute Gasteiger partial charge is 0.278 e. The molecule has 0 radical (unpaired) electrons. The van der Waals surface area contributed by atoms with Gasteiger partial charge in [0, 0.05) is 27.9 Å².